The SMILES string of the molecule is Cc1ccccc1/C=C/C(=O)OF. The van der Waals surface area contributed by atoms with Crippen molar-refractivity contribution in [1.29, 1.82) is 0 Å². The van der Waals surface area contributed by atoms with E-state index in [4.69, 9.17) is 0 Å². The minimum atomic E-state index is -0.997. The zero-order valence-corrected chi connectivity index (χ0v) is 7.16. The van der Waals surface area contributed by atoms with Gasteiger partial charge < -0.3 is 0 Å². The van der Waals surface area contributed by atoms with E-state index in [0.717, 1.165) is 17.2 Å². The van der Waals surface area contributed by atoms with Crippen molar-refractivity contribution in [3.8, 4) is 0 Å². The van der Waals surface area contributed by atoms with Crippen molar-refractivity contribution in [2.24, 2.45) is 0 Å². The largest absolute Gasteiger partial charge is 0.372 e. The molecule has 0 N–H and O–H groups in total. The van der Waals surface area contributed by atoms with Crippen molar-refractivity contribution in [3.05, 3.63) is 41.5 Å². The van der Waals surface area contributed by atoms with E-state index in [-0.39, 0.29) is 0 Å². The third-order valence-corrected chi connectivity index (χ3v) is 1.66. The molecule has 1 aromatic carbocycles. The van der Waals surface area contributed by atoms with Crippen LogP contribution in [0, 0.1) is 6.92 Å². The smallest absolute Gasteiger partial charge is 0.250 e. The Balaban J connectivity index is 2.80. The molecule has 0 saturated carbocycles. The number of halogens is 1. The van der Waals surface area contributed by atoms with Gasteiger partial charge in [0.1, 0.15) is 0 Å². The van der Waals surface area contributed by atoms with Crippen LogP contribution in [0.25, 0.3) is 6.08 Å². The van der Waals surface area contributed by atoms with Crippen LogP contribution in [-0.4, -0.2) is 5.97 Å². The third-order valence-electron chi connectivity index (χ3n) is 1.66. The van der Waals surface area contributed by atoms with Crippen LogP contribution in [0.3, 0.4) is 0 Å². The molecule has 2 nitrogen and oxygen atoms in total. The molecule has 0 aliphatic rings. The molecule has 0 bridgehead atoms. The molecule has 1 aromatic rings. The minimum absolute atomic E-state index is 0.868. The van der Waals surface area contributed by atoms with Gasteiger partial charge in [0.05, 0.1) is 0 Å². The summed E-state index contributed by atoms with van der Waals surface area (Å²) in [6, 6.07) is 7.46. The molecule has 0 aliphatic heterocycles. The van der Waals surface area contributed by atoms with Gasteiger partial charge >= 0.3 is 5.97 Å². The Morgan fingerprint density at radius 2 is 2.15 bits per heavy atom. The van der Waals surface area contributed by atoms with Gasteiger partial charge in [0.2, 0.25) is 0 Å². The summed E-state index contributed by atoms with van der Waals surface area (Å²) in [4.78, 5) is 13.4. The highest BCUT2D eigenvalue weighted by atomic mass is 19.3. The summed E-state index contributed by atoms with van der Waals surface area (Å²) in [5.41, 5.74) is 1.89. The maximum absolute atomic E-state index is 11.3. The van der Waals surface area contributed by atoms with Crippen LogP contribution >= 0.6 is 0 Å². The van der Waals surface area contributed by atoms with Gasteiger partial charge in [-0.3, -0.25) is 4.94 Å². The fourth-order valence-corrected chi connectivity index (χ4v) is 0.957. The monoisotopic (exact) mass is 180 g/mol. The van der Waals surface area contributed by atoms with Crippen LogP contribution in [-0.2, 0) is 9.74 Å². The van der Waals surface area contributed by atoms with Gasteiger partial charge in [-0.25, -0.2) is 4.79 Å². The number of hydrogen-bond donors (Lipinski definition) is 0. The molecule has 0 spiro atoms. The quantitative estimate of drug-likeness (QED) is 0.653. The lowest BCUT2D eigenvalue weighted by Gasteiger charge is -1.96. The molecule has 0 atom stereocenters. The molecule has 0 radical (unpaired) electrons. The predicted molar refractivity (Wildman–Crippen MR) is 47.4 cm³/mol. The van der Waals surface area contributed by atoms with E-state index in [1.807, 2.05) is 31.2 Å². The highest BCUT2D eigenvalue weighted by molar-refractivity contribution is 5.86. The van der Waals surface area contributed by atoms with E-state index < -0.39 is 5.97 Å². The van der Waals surface area contributed by atoms with Crippen LogP contribution in [0.1, 0.15) is 11.1 Å². The molecule has 68 valence electrons. The second-order valence-electron chi connectivity index (χ2n) is 2.59. The van der Waals surface area contributed by atoms with Crippen molar-refractivity contribution in [3.63, 3.8) is 0 Å². The van der Waals surface area contributed by atoms with E-state index in [0.29, 0.717) is 0 Å². The van der Waals surface area contributed by atoms with Crippen molar-refractivity contribution < 1.29 is 14.3 Å². The first-order chi connectivity index (χ1) is 6.24. The van der Waals surface area contributed by atoms with Gasteiger partial charge in [-0.1, -0.05) is 24.3 Å². The lowest BCUT2D eigenvalue weighted by Crippen LogP contribution is -1.90. The zero-order chi connectivity index (χ0) is 9.68. The van der Waals surface area contributed by atoms with Gasteiger partial charge in [-0.2, -0.15) is 0 Å². The number of carbonyl (C=O) groups is 1. The van der Waals surface area contributed by atoms with E-state index in [1.54, 1.807) is 0 Å². The summed E-state index contributed by atoms with van der Waals surface area (Å²) >= 11 is 0. The maximum atomic E-state index is 11.3. The van der Waals surface area contributed by atoms with Gasteiger partial charge in [-0.15, -0.1) is 0 Å². The Morgan fingerprint density at radius 1 is 1.46 bits per heavy atom. The molecular weight excluding hydrogens is 171 g/mol. The van der Waals surface area contributed by atoms with Crippen LogP contribution in [0.15, 0.2) is 30.3 Å². The summed E-state index contributed by atoms with van der Waals surface area (Å²) in [7, 11) is 0. The molecule has 0 fully saturated rings. The second-order valence-corrected chi connectivity index (χ2v) is 2.59. The topological polar surface area (TPSA) is 26.3 Å². The number of rotatable bonds is 2. The summed E-state index contributed by atoms with van der Waals surface area (Å²) in [5.74, 6) is -0.997. The predicted octanol–water partition coefficient (Wildman–Crippen LogP) is 2.44. The molecule has 0 unspecified atom stereocenters. The zero-order valence-electron chi connectivity index (χ0n) is 7.16. The molecule has 13 heavy (non-hydrogen) atoms. The molecule has 0 heterocycles. The molecule has 0 aliphatic carbocycles. The average Bonchev–Trinajstić information content (AvgIpc) is 2.16. The Hall–Kier alpha value is -1.64. The van der Waals surface area contributed by atoms with E-state index in [2.05, 4.69) is 4.94 Å². The lowest BCUT2D eigenvalue weighted by atomic mass is 10.1. The molecule has 0 aromatic heterocycles. The summed E-state index contributed by atoms with van der Waals surface area (Å²) < 4.78 is 11.3. The highest BCUT2D eigenvalue weighted by Crippen LogP contribution is 2.08. The number of benzene rings is 1. The number of carbonyl (C=O) groups excluding carboxylic acids is 1. The van der Waals surface area contributed by atoms with Gasteiger partial charge in [0, 0.05) is 10.6 Å². The Bertz CT molecular complexity index is 331. The van der Waals surface area contributed by atoms with Crippen LogP contribution < -0.4 is 0 Å². The molecule has 3 heteroatoms. The summed E-state index contributed by atoms with van der Waals surface area (Å²) in [6.45, 7) is 1.90. The number of aryl methyl sites for hydroxylation is 1. The fraction of sp³-hybridized carbons (Fsp3) is 0.100. The average molecular weight is 180 g/mol. The van der Waals surface area contributed by atoms with E-state index in [9.17, 15) is 9.32 Å². The van der Waals surface area contributed by atoms with Crippen LogP contribution in [0.2, 0.25) is 0 Å². The molecular formula is C10H9FO2. The van der Waals surface area contributed by atoms with E-state index >= 15 is 0 Å². The third kappa shape index (κ3) is 2.71. The summed E-state index contributed by atoms with van der Waals surface area (Å²) in [5, 5.41) is 0. The first-order valence-electron chi connectivity index (χ1n) is 3.80. The van der Waals surface area contributed by atoms with Crippen molar-refractivity contribution in [1.82, 2.24) is 0 Å². The standard InChI is InChI=1S/C10H9FO2/c1-8-4-2-3-5-9(8)6-7-10(12)13-11/h2-7H,1H3/b7-6+. The van der Waals surface area contributed by atoms with Crippen molar-refractivity contribution in [2.75, 3.05) is 0 Å². The Kier molecular flexibility index (Phi) is 3.20. The summed E-state index contributed by atoms with van der Waals surface area (Å²) in [6.07, 6.45) is 2.56. The Morgan fingerprint density at radius 3 is 2.77 bits per heavy atom. The first kappa shape index (κ1) is 9.45. The van der Waals surface area contributed by atoms with Crippen LogP contribution in [0.4, 0.5) is 4.53 Å². The van der Waals surface area contributed by atoms with Gasteiger partial charge in [0.25, 0.3) is 0 Å². The molecule has 0 amide bonds. The lowest BCUT2D eigenvalue weighted by molar-refractivity contribution is -0.176. The second kappa shape index (κ2) is 4.40. The molecule has 1 rings (SSSR count). The minimum Gasteiger partial charge on any atom is -0.250 e. The fourth-order valence-electron chi connectivity index (χ4n) is 0.957. The van der Waals surface area contributed by atoms with Gasteiger partial charge in [0.15, 0.2) is 0 Å². The van der Waals surface area contributed by atoms with Crippen molar-refractivity contribution in [2.45, 2.75) is 6.92 Å². The Labute approximate surface area is 75.5 Å². The highest BCUT2D eigenvalue weighted by Gasteiger charge is 1.96. The first-order valence-corrected chi connectivity index (χ1v) is 3.80. The van der Waals surface area contributed by atoms with Crippen LogP contribution in [0.5, 0.6) is 0 Å². The maximum Gasteiger partial charge on any atom is 0.372 e. The number of hydrogen-bond acceptors (Lipinski definition) is 2. The molecule has 0 saturated heterocycles. The van der Waals surface area contributed by atoms with Gasteiger partial charge in [-0.05, 0) is 24.1 Å². The van der Waals surface area contributed by atoms with Crippen molar-refractivity contribution >= 4 is 12.0 Å². The normalized spacial score (nSPS) is 10.3. The van der Waals surface area contributed by atoms with E-state index in [1.165, 1.54) is 6.08 Å².